The monoisotopic (exact) mass is 314 g/mol. The van der Waals surface area contributed by atoms with Crippen molar-refractivity contribution in [1.29, 1.82) is 5.26 Å². The Morgan fingerprint density at radius 2 is 2.53 bits per heavy atom. The molecule has 0 N–H and O–H groups in total. The van der Waals surface area contributed by atoms with Crippen molar-refractivity contribution >= 4 is 33.0 Å². The van der Waals surface area contributed by atoms with Crippen molar-refractivity contribution in [1.82, 2.24) is 4.90 Å². The summed E-state index contributed by atoms with van der Waals surface area (Å²) in [5.41, 5.74) is 0. The minimum atomic E-state index is -0.411. The maximum absolute atomic E-state index is 11.9. The summed E-state index contributed by atoms with van der Waals surface area (Å²) in [6.45, 7) is 2.08. The predicted octanol–water partition coefficient (Wildman–Crippen LogP) is 1.92. The Morgan fingerprint density at radius 1 is 1.71 bits per heavy atom. The summed E-state index contributed by atoms with van der Waals surface area (Å²) < 4.78 is 6.19. The summed E-state index contributed by atoms with van der Waals surface area (Å²) in [5.74, 6) is 0.0966. The molecule has 1 aliphatic rings. The Bertz CT molecular complexity index is 455. The van der Waals surface area contributed by atoms with Gasteiger partial charge in [0, 0.05) is 13.1 Å². The molecule has 1 fully saturated rings. The number of thiophene rings is 1. The molecule has 1 saturated heterocycles. The quantitative estimate of drug-likeness (QED) is 0.800. The van der Waals surface area contributed by atoms with Crippen LogP contribution >= 0.6 is 27.3 Å². The van der Waals surface area contributed by atoms with E-state index in [1.807, 2.05) is 17.0 Å². The normalized spacial score (nSPS) is 21.1. The number of carbonyl (C=O) groups is 1. The van der Waals surface area contributed by atoms with Crippen LogP contribution < -0.4 is 0 Å². The lowest BCUT2D eigenvalue weighted by Crippen LogP contribution is -2.44. The molecule has 2 heterocycles. The smallest absolute Gasteiger partial charge is 0.186 e. The Hall–Kier alpha value is -0.740. The Balaban J connectivity index is 1.93. The molecule has 0 radical (unpaired) electrons. The fourth-order valence-electron chi connectivity index (χ4n) is 1.67. The second-order valence-electron chi connectivity index (χ2n) is 3.75. The van der Waals surface area contributed by atoms with Crippen molar-refractivity contribution in [2.75, 3.05) is 26.2 Å². The molecule has 6 heteroatoms. The second-order valence-corrected chi connectivity index (χ2v) is 6.21. The summed E-state index contributed by atoms with van der Waals surface area (Å²) in [6, 6.07) is 5.76. The van der Waals surface area contributed by atoms with E-state index in [0.29, 0.717) is 26.2 Å². The predicted molar refractivity (Wildman–Crippen MR) is 68.1 cm³/mol. The van der Waals surface area contributed by atoms with Gasteiger partial charge >= 0.3 is 0 Å². The molecule has 0 amide bonds. The van der Waals surface area contributed by atoms with Gasteiger partial charge in [-0.2, -0.15) is 5.26 Å². The molecule has 1 aliphatic heterocycles. The number of hydrogen-bond acceptors (Lipinski definition) is 5. The lowest BCUT2D eigenvalue weighted by Gasteiger charge is -2.28. The number of nitriles is 1. The fourth-order valence-corrected chi connectivity index (χ4v) is 2.99. The zero-order chi connectivity index (χ0) is 12.3. The minimum absolute atomic E-state index is 0.0966. The van der Waals surface area contributed by atoms with Gasteiger partial charge in [-0.25, -0.2) is 0 Å². The number of nitrogens with zero attached hydrogens (tertiary/aromatic N) is 2. The first kappa shape index (κ1) is 12.7. The summed E-state index contributed by atoms with van der Waals surface area (Å²) in [4.78, 5) is 14.7. The number of ketones is 1. The van der Waals surface area contributed by atoms with Crippen molar-refractivity contribution in [2.45, 2.75) is 6.10 Å². The van der Waals surface area contributed by atoms with E-state index in [-0.39, 0.29) is 5.78 Å². The molecular weight excluding hydrogens is 304 g/mol. The number of ether oxygens (including phenoxy) is 1. The molecule has 1 atom stereocenters. The highest BCUT2D eigenvalue weighted by molar-refractivity contribution is 9.11. The first-order valence-electron chi connectivity index (χ1n) is 5.21. The van der Waals surface area contributed by atoms with E-state index in [1.165, 1.54) is 11.3 Å². The van der Waals surface area contributed by atoms with Gasteiger partial charge in [0.2, 0.25) is 0 Å². The van der Waals surface area contributed by atoms with E-state index < -0.39 is 6.10 Å². The molecule has 0 spiro atoms. The largest absolute Gasteiger partial charge is 0.361 e. The third kappa shape index (κ3) is 3.36. The number of halogens is 1. The molecule has 2 rings (SSSR count). The molecule has 1 aromatic heterocycles. The van der Waals surface area contributed by atoms with Crippen LogP contribution in [0, 0.1) is 11.3 Å². The molecule has 0 aliphatic carbocycles. The standard InChI is InChI=1S/C11H11BrN2O2S/c12-11-2-1-10(17-11)9(15)7-14-3-4-16-8(5-13)6-14/h1-2,8H,3-4,6-7H2. The molecule has 0 aromatic carbocycles. The third-order valence-electron chi connectivity index (χ3n) is 2.51. The van der Waals surface area contributed by atoms with Gasteiger partial charge in [0.25, 0.3) is 0 Å². The molecule has 0 saturated carbocycles. The number of hydrogen-bond donors (Lipinski definition) is 0. The fraction of sp³-hybridized carbons (Fsp3) is 0.455. The maximum Gasteiger partial charge on any atom is 0.186 e. The van der Waals surface area contributed by atoms with Crippen LogP contribution in [0.5, 0.6) is 0 Å². The molecular formula is C11H11BrN2O2S. The van der Waals surface area contributed by atoms with Gasteiger partial charge in [0.1, 0.15) is 0 Å². The van der Waals surface area contributed by atoms with Crippen LogP contribution in [-0.4, -0.2) is 43.0 Å². The molecule has 1 aromatic rings. The van der Waals surface area contributed by atoms with E-state index in [0.717, 1.165) is 8.66 Å². The van der Waals surface area contributed by atoms with Crippen molar-refractivity contribution in [3.63, 3.8) is 0 Å². The van der Waals surface area contributed by atoms with Crippen molar-refractivity contribution in [2.24, 2.45) is 0 Å². The van der Waals surface area contributed by atoms with Crippen LogP contribution in [0.4, 0.5) is 0 Å². The van der Waals surface area contributed by atoms with E-state index >= 15 is 0 Å². The van der Waals surface area contributed by atoms with Gasteiger partial charge in [-0.3, -0.25) is 9.69 Å². The first-order chi connectivity index (χ1) is 8.19. The maximum atomic E-state index is 11.9. The highest BCUT2D eigenvalue weighted by Gasteiger charge is 2.22. The number of carbonyl (C=O) groups excluding carboxylic acids is 1. The Labute approximate surface area is 112 Å². The lowest BCUT2D eigenvalue weighted by molar-refractivity contribution is 0.00246. The topological polar surface area (TPSA) is 53.3 Å². The van der Waals surface area contributed by atoms with Crippen LogP contribution in [0.25, 0.3) is 0 Å². The summed E-state index contributed by atoms with van der Waals surface area (Å²) in [5, 5.41) is 8.77. The van der Waals surface area contributed by atoms with E-state index in [9.17, 15) is 4.79 Å². The van der Waals surface area contributed by atoms with Crippen molar-refractivity contribution in [3.8, 4) is 6.07 Å². The average molecular weight is 315 g/mol. The molecule has 17 heavy (non-hydrogen) atoms. The van der Waals surface area contributed by atoms with Gasteiger partial charge in [-0.15, -0.1) is 11.3 Å². The Morgan fingerprint density at radius 3 is 3.18 bits per heavy atom. The first-order valence-corrected chi connectivity index (χ1v) is 6.82. The molecule has 4 nitrogen and oxygen atoms in total. The van der Waals surface area contributed by atoms with E-state index in [2.05, 4.69) is 22.0 Å². The second kappa shape index (κ2) is 5.74. The number of morpholine rings is 1. The summed E-state index contributed by atoms with van der Waals surface area (Å²) >= 11 is 4.77. The molecule has 1 unspecified atom stereocenters. The Kier molecular flexibility index (Phi) is 4.29. The minimum Gasteiger partial charge on any atom is -0.361 e. The van der Waals surface area contributed by atoms with E-state index in [4.69, 9.17) is 10.00 Å². The average Bonchev–Trinajstić information content (AvgIpc) is 2.76. The van der Waals surface area contributed by atoms with Gasteiger partial charge in [0.05, 0.1) is 27.9 Å². The van der Waals surface area contributed by atoms with Gasteiger partial charge in [0.15, 0.2) is 11.9 Å². The van der Waals surface area contributed by atoms with Crippen molar-refractivity contribution in [3.05, 3.63) is 20.8 Å². The molecule has 0 bridgehead atoms. The van der Waals surface area contributed by atoms with Crippen LogP contribution in [-0.2, 0) is 4.74 Å². The number of rotatable bonds is 3. The van der Waals surface area contributed by atoms with E-state index in [1.54, 1.807) is 0 Å². The summed E-state index contributed by atoms with van der Waals surface area (Å²) in [7, 11) is 0. The van der Waals surface area contributed by atoms with Crippen molar-refractivity contribution < 1.29 is 9.53 Å². The van der Waals surface area contributed by atoms with Crippen LogP contribution in [0.1, 0.15) is 9.67 Å². The molecule has 90 valence electrons. The van der Waals surface area contributed by atoms with Gasteiger partial charge in [-0.05, 0) is 28.1 Å². The highest BCUT2D eigenvalue weighted by atomic mass is 79.9. The van der Waals surface area contributed by atoms with Gasteiger partial charge < -0.3 is 4.74 Å². The highest BCUT2D eigenvalue weighted by Crippen LogP contribution is 2.22. The lowest BCUT2D eigenvalue weighted by atomic mass is 10.2. The number of Topliss-reactive ketones (excluding diaryl/α,β-unsaturated/α-hetero) is 1. The third-order valence-corrected chi connectivity index (χ3v) is 4.17. The van der Waals surface area contributed by atoms with Gasteiger partial charge in [-0.1, -0.05) is 0 Å². The van der Waals surface area contributed by atoms with Crippen LogP contribution in [0.15, 0.2) is 15.9 Å². The SMILES string of the molecule is N#CC1CN(CC(=O)c2ccc(Br)s2)CCO1. The zero-order valence-corrected chi connectivity index (χ0v) is 11.5. The van der Waals surface area contributed by atoms with Crippen LogP contribution in [0.3, 0.4) is 0 Å². The van der Waals surface area contributed by atoms with Crippen LogP contribution in [0.2, 0.25) is 0 Å². The zero-order valence-electron chi connectivity index (χ0n) is 9.06. The summed E-state index contributed by atoms with van der Waals surface area (Å²) in [6.07, 6.45) is -0.411.